The van der Waals surface area contributed by atoms with Crippen molar-refractivity contribution in [1.82, 2.24) is 0 Å². The van der Waals surface area contributed by atoms with E-state index in [0.29, 0.717) is 5.78 Å². The lowest BCUT2D eigenvalue weighted by atomic mass is 9.72. The topological polar surface area (TPSA) is 21.4 Å². The molecule has 0 radical (unpaired) electrons. The molecular weight excluding hydrogens is 383 g/mol. The molecule has 0 saturated heterocycles. The maximum atomic E-state index is 9.75. The van der Waals surface area contributed by atoms with Gasteiger partial charge in [-0.15, -0.1) is 0 Å². The van der Waals surface area contributed by atoms with E-state index in [1.165, 1.54) is 25.8 Å². The van der Waals surface area contributed by atoms with Crippen molar-refractivity contribution in [3.8, 4) is 0 Å². The zero-order chi connectivity index (χ0) is 15.2. The Morgan fingerprint density at radius 2 is 1.45 bits per heavy atom. The second-order valence-corrected chi connectivity index (χ2v) is 6.64. The summed E-state index contributed by atoms with van der Waals surface area (Å²) in [6.07, 6.45) is 7.81. The van der Waals surface area contributed by atoms with Gasteiger partial charge < -0.3 is 0 Å². The van der Waals surface area contributed by atoms with Gasteiger partial charge in [-0.2, -0.15) is 0 Å². The Bertz CT molecular complexity index is 840. The number of benzene rings is 2. The van der Waals surface area contributed by atoms with Crippen LogP contribution in [0.1, 0.15) is 16.7 Å². The van der Waals surface area contributed by atoms with Crippen molar-refractivity contribution >= 4 is 37.5 Å². The highest BCUT2D eigenvalue weighted by Crippen LogP contribution is 2.55. The third kappa shape index (κ3) is 1.87. The summed E-state index contributed by atoms with van der Waals surface area (Å²) in [5.41, 5.74) is 4.77. The summed E-state index contributed by atoms with van der Waals surface area (Å²) in [6.45, 7) is 0. The van der Waals surface area contributed by atoms with E-state index in [9.17, 15) is 4.79 Å². The van der Waals surface area contributed by atoms with E-state index in [1.54, 1.807) is 12.2 Å². The highest BCUT2D eigenvalue weighted by molar-refractivity contribution is 14.1. The minimum absolute atomic E-state index is 0.291. The molecule has 0 saturated carbocycles. The van der Waals surface area contributed by atoms with E-state index in [-0.39, 0.29) is 5.41 Å². The highest BCUT2D eigenvalue weighted by Gasteiger charge is 2.42. The Morgan fingerprint density at radius 1 is 0.818 bits per heavy atom. The fourth-order valence-corrected chi connectivity index (χ4v) is 4.58. The first-order valence-corrected chi connectivity index (χ1v) is 8.30. The van der Waals surface area contributed by atoms with Crippen LogP contribution >= 0.6 is 22.6 Å². The molecule has 2 aliphatic carbocycles. The van der Waals surface area contributed by atoms with Crippen LogP contribution in [0.4, 0.5) is 0 Å². The third-order valence-electron chi connectivity index (χ3n) is 4.34. The number of halogens is 1. The van der Waals surface area contributed by atoms with Crippen molar-refractivity contribution in [2.45, 2.75) is 5.41 Å². The average molecular weight is 397 g/mol. The molecule has 0 bridgehead atoms. The molecule has 2 heteroatoms. The van der Waals surface area contributed by atoms with E-state index in [4.69, 9.17) is 0 Å². The van der Waals surface area contributed by atoms with Gasteiger partial charge >= 0.3 is 5.78 Å². The second-order valence-electron chi connectivity index (χ2n) is 5.56. The van der Waals surface area contributed by atoms with Crippen LogP contribution in [0.3, 0.4) is 0 Å². The SMILES string of the molecule is [OH+]=C1C=CC2(C=C1)C(c1ccccc1)=C(I)c1ccccc12. The van der Waals surface area contributed by atoms with E-state index in [2.05, 4.69) is 83.3 Å². The Morgan fingerprint density at radius 3 is 2.18 bits per heavy atom. The van der Waals surface area contributed by atoms with Crippen LogP contribution in [0.5, 0.6) is 0 Å². The Kier molecular flexibility index (Phi) is 3.15. The maximum Gasteiger partial charge on any atom is 0.339 e. The molecule has 0 amide bonds. The summed E-state index contributed by atoms with van der Waals surface area (Å²) >= 11 is 2.45. The zero-order valence-corrected chi connectivity index (χ0v) is 14.0. The predicted molar refractivity (Wildman–Crippen MR) is 101 cm³/mol. The molecule has 106 valence electrons. The van der Waals surface area contributed by atoms with Crippen molar-refractivity contribution in [2.24, 2.45) is 0 Å². The summed E-state index contributed by atoms with van der Waals surface area (Å²) < 4.78 is 1.27. The van der Waals surface area contributed by atoms with E-state index >= 15 is 0 Å². The zero-order valence-electron chi connectivity index (χ0n) is 11.8. The first-order chi connectivity index (χ1) is 10.7. The van der Waals surface area contributed by atoms with Crippen LogP contribution in [-0.2, 0) is 5.41 Å². The minimum atomic E-state index is -0.291. The van der Waals surface area contributed by atoms with E-state index in [1.807, 2.05) is 6.07 Å². The fourth-order valence-electron chi connectivity index (χ4n) is 3.35. The number of allylic oxidation sites excluding steroid dienone is 5. The van der Waals surface area contributed by atoms with Gasteiger partial charge in [0.2, 0.25) is 0 Å². The molecule has 0 atom stereocenters. The third-order valence-corrected chi connectivity index (χ3v) is 5.46. The molecule has 2 aromatic carbocycles. The van der Waals surface area contributed by atoms with Crippen LogP contribution in [0, 0.1) is 0 Å². The molecule has 1 nitrogen and oxygen atoms in total. The summed E-state index contributed by atoms with van der Waals surface area (Å²) in [5.74, 6) is 0.303. The average Bonchev–Trinajstić information content (AvgIpc) is 2.81. The van der Waals surface area contributed by atoms with Crippen molar-refractivity contribution in [1.29, 1.82) is 0 Å². The van der Waals surface area contributed by atoms with Gasteiger partial charge in [0.25, 0.3) is 0 Å². The minimum Gasteiger partial charge on any atom is -0.274 e. The van der Waals surface area contributed by atoms with Gasteiger partial charge in [0.15, 0.2) is 0 Å². The monoisotopic (exact) mass is 397 g/mol. The van der Waals surface area contributed by atoms with Crippen LogP contribution in [0.15, 0.2) is 78.9 Å². The summed E-state index contributed by atoms with van der Waals surface area (Å²) in [4.78, 5) is 9.75. The van der Waals surface area contributed by atoms with Gasteiger partial charge in [0.05, 0.1) is 5.41 Å². The van der Waals surface area contributed by atoms with Crippen molar-refractivity contribution in [2.75, 3.05) is 0 Å². The molecule has 0 heterocycles. The highest BCUT2D eigenvalue weighted by atomic mass is 127. The van der Waals surface area contributed by atoms with Gasteiger partial charge in [-0.25, -0.2) is 0 Å². The molecule has 2 aromatic rings. The van der Waals surface area contributed by atoms with Crippen molar-refractivity contribution in [3.63, 3.8) is 0 Å². The lowest BCUT2D eigenvalue weighted by Crippen LogP contribution is -2.23. The summed E-state index contributed by atoms with van der Waals surface area (Å²) in [5, 5.41) is 0. The summed E-state index contributed by atoms with van der Waals surface area (Å²) in [7, 11) is 0. The van der Waals surface area contributed by atoms with Crippen LogP contribution in [-0.4, -0.2) is 10.6 Å². The number of hydrogen-bond acceptors (Lipinski definition) is 0. The molecule has 1 N–H and O–H groups in total. The number of fused-ring (bicyclic) bond motifs is 2. The smallest absolute Gasteiger partial charge is 0.274 e. The Hall–Kier alpha value is -1.94. The lowest BCUT2D eigenvalue weighted by Gasteiger charge is -2.28. The molecule has 0 unspecified atom stereocenters. The molecule has 22 heavy (non-hydrogen) atoms. The first kappa shape index (κ1) is 13.7. The van der Waals surface area contributed by atoms with E-state index in [0.717, 1.165) is 0 Å². The van der Waals surface area contributed by atoms with Crippen LogP contribution in [0.25, 0.3) is 9.15 Å². The van der Waals surface area contributed by atoms with Crippen molar-refractivity contribution < 1.29 is 4.79 Å². The largest absolute Gasteiger partial charge is 0.339 e. The van der Waals surface area contributed by atoms with E-state index < -0.39 is 0 Å². The summed E-state index contributed by atoms with van der Waals surface area (Å²) in [6, 6.07) is 19.0. The molecule has 4 rings (SSSR count). The number of rotatable bonds is 1. The number of carbonyl (C=O) groups excluding carboxylic acids is 1. The van der Waals surface area contributed by atoms with Gasteiger partial charge in [0, 0.05) is 15.7 Å². The molecule has 2 aliphatic rings. The quantitative estimate of drug-likeness (QED) is 0.482. The normalized spacial score (nSPS) is 22.5. The molecule has 0 aromatic heterocycles. The number of hydrogen-bond donors (Lipinski definition) is 0. The predicted octanol–water partition coefficient (Wildman–Crippen LogP) is 4.91. The van der Waals surface area contributed by atoms with Gasteiger partial charge in [-0.1, -0.05) is 66.7 Å². The maximum absolute atomic E-state index is 9.75. The van der Waals surface area contributed by atoms with Gasteiger partial charge in [-0.05, 0) is 44.9 Å². The van der Waals surface area contributed by atoms with Gasteiger partial charge in [-0.3, -0.25) is 4.79 Å². The first-order valence-electron chi connectivity index (χ1n) is 7.22. The van der Waals surface area contributed by atoms with Crippen molar-refractivity contribution in [3.05, 3.63) is 95.6 Å². The van der Waals surface area contributed by atoms with Crippen LogP contribution in [0.2, 0.25) is 0 Å². The Labute approximate surface area is 143 Å². The van der Waals surface area contributed by atoms with Gasteiger partial charge in [0.1, 0.15) is 0 Å². The standard InChI is InChI=1S/C20H13IO/c21-19-16-8-4-5-9-17(16)20(12-10-15(22)11-13-20)18(19)14-6-2-1-3-7-14/h1-13H/p+1. The molecular formula is C20H14IO+. The lowest BCUT2D eigenvalue weighted by molar-refractivity contribution is 0.681. The molecule has 0 fully saturated rings. The van der Waals surface area contributed by atoms with Crippen LogP contribution < -0.4 is 0 Å². The fraction of sp³-hybridized carbons (Fsp3) is 0.0500. The second kappa shape index (κ2) is 5.06. The Balaban J connectivity index is 2.04. The molecule has 1 spiro atoms. The molecule has 0 aliphatic heterocycles. The number of ketones is 1.